The molecule has 0 spiro atoms. The standard InChI is InChI=1S/C18H26N2O5S/c1-3-26(22,23)20(13-18(21)19-8-6-14(2)7-9-19)15-4-5-16-17(12-15)25-11-10-24-16/h4-5,12,14H,3,6-11,13H2,1-2H3. The number of amides is 1. The van der Waals surface area contributed by atoms with Gasteiger partial charge in [-0.3, -0.25) is 9.10 Å². The van der Waals surface area contributed by atoms with Gasteiger partial charge < -0.3 is 14.4 Å². The van der Waals surface area contributed by atoms with Gasteiger partial charge in [-0.15, -0.1) is 0 Å². The Morgan fingerprint density at radius 2 is 1.85 bits per heavy atom. The molecule has 8 heteroatoms. The highest BCUT2D eigenvalue weighted by atomic mass is 32.2. The van der Waals surface area contributed by atoms with Gasteiger partial charge in [0.25, 0.3) is 0 Å². The van der Waals surface area contributed by atoms with Crippen LogP contribution in [0.2, 0.25) is 0 Å². The van der Waals surface area contributed by atoms with Gasteiger partial charge in [-0.1, -0.05) is 6.92 Å². The van der Waals surface area contributed by atoms with Crippen molar-refractivity contribution in [2.75, 3.05) is 42.9 Å². The van der Waals surface area contributed by atoms with Gasteiger partial charge in [0, 0.05) is 19.2 Å². The predicted octanol–water partition coefficient (Wildman–Crippen LogP) is 1.87. The molecule has 0 bridgehead atoms. The first-order valence-electron chi connectivity index (χ1n) is 9.08. The van der Waals surface area contributed by atoms with Crippen LogP contribution in [0.3, 0.4) is 0 Å². The third kappa shape index (κ3) is 4.06. The minimum absolute atomic E-state index is 0.0776. The second-order valence-electron chi connectivity index (χ2n) is 6.80. The number of carbonyl (C=O) groups is 1. The molecule has 1 aromatic rings. The van der Waals surface area contributed by atoms with Crippen molar-refractivity contribution in [3.63, 3.8) is 0 Å². The molecule has 0 N–H and O–H groups in total. The Bertz CT molecular complexity index is 757. The van der Waals surface area contributed by atoms with E-state index in [0.29, 0.717) is 49.4 Å². The van der Waals surface area contributed by atoms with E-state index >= 15 is 0 Å². The average Bonchev–Trinajstić information content (AvgIpc) is 2.66. The first kappa shape index (κ1) is 18.8. The van der Waals surface area contributed by atoms with Gasteiger partial charge in [0.05, 0.1) is 11.4 Å². The molecule has 1 saturated heterocycles. The molecule has 2 aliphatic rings. The molecule has 2 aliphatic heterocycles. The fraction of sp³-hybridized carbons (Fsp3) is 0.611. The predicted molar refractivity (Wildman–Crippen MR) is 99.2 cm³/mol. The van der Waals surface area contributed by atoms with Crippen molar-refractivity contribution in [1.82, 2.24) is 4.90 Å². The number of anilines is 1. The number of hydrogen-bond donors (Lipinski definition) is 0. The summed E-state index contributed by atoms with van der Waals surface area (Å²) in [4.78, 5) is 14.5. The molecule has 26 heavy (non-hydrogen) atoms. The van der Waals surface area contributed by atoms with Crippen molar-refractivity contribution < 1.29 is 22.7 Å². The molecule has 2 heterocycles. The van der Waals surface area contributed by atoms with Crippen molar-refractivity contribution in [3.8, 4) is 11.5 Å². The molecule has 0 saturated carbocycles. The number of ether oxygens (including phenoxy) is 2. The van der Waals surface area contributed by atoms with Crippen molar-refractivity contribution in [3.05, 3.63) is 18.2 Å². The number of piperidine rings is 1. The van der Waals surface area contributed by atoms with Crippen LogP contribution >= 0.6 is 0 Å². The van der Waals surface area contributed by atoms with E-state index in [-0.39, 0.29) is 18.2 Å². The van der Waals surface area contributed by atoms with Crippen molar-refractivity contribution in [2.45, 2.75) is 26.7 Å². The van der Waals surface area contributed by atoms with E-state index in [1.165, 1.54) is 4.31 Å². The summed E-state index contributed by atoms with van der Waals surface area (Å²) >= 11 is 0. The molecule has 1 fully saturated rings. The Morgan fingerprint density at radius 3 is 2.50 bits per heavy atom. The summed E-state index contributed by atoms with van der Waals surface area (Å²) in [6.45, 7) is 5.81. The Hall–Kier alpha value is -1.96. The quantitative estimate of drug-likeness (QED) is 0.777. The molecule has 0 aliphatic carbocycles. The number of rotatable bonds is 5. The van der Waals surface area contributed by atoms with Crippen molar-refractivity contribution in [1.29, 1.82) is 0 Å². The smallest absolute Gasteiger partial charge is 0.243 e. The van der Waals surface area contributed by atoms with Crippen LogP contribution in [0, 0.1) is 5.92 Å². The van der Waals surface area contributed by atoms with E-state index in [0.717, 1.165) is 12.8 Å². The molecule has 1 aromatic carbocycles. The zero-order valence-corrected chi connectivity index (χ0v) is 16.1. The second-order valence-corrected chi connectivity index (χ2v) is 8.98. The second kappa shape index (κ2) is 7.73. The van der Waals surface area contributed by atoms with E-state index in [4.69, 9.17) is 9.47 Å². The number of likely N-dealkylation sites (tertiary alicyclic amines) is 1. The summed E-state index contributed by atoms with van der Waals surface area (Å²) in [5.41, 5.74) is 0.426. The third-order valence-corrected chi connectivity index (χ3v) is 6.67. The summed E-state index contributed by atoms with van der Waals surface area (Å²) in [6.07, 6.45) is 1.91. The van der Waals surface area contributed by atoms with Crippen LogP contribution in [0.25, 0.3) is 0 Å². The Labute approximate surface area is 154 Å². The van der Waals surface area contributed by atoms with Crippen LogP contribution in [0.4, 0.5) is 5.69 Å². The highest BCUT2D eigenvalue weighted by Gasteiger charge is 2.28. The van der Waals surface area contributed by atoms with Crippen LogP contribution in [0.1, 0.15) is 26.7 Å². The van der Waals surface area contributed by atoms with Gasteiger partial charge in [-0.2, -0.15) is 0 Å². The maximum Gasteiger partial charge on any atom is 0.243 e. The molecule has 3 rings (SSSR count). The van der Waals surface area contributed by atoms with Gasteiger partial charge in [-0.25, -0.2) is 8.42 Å². The van der Waals surface area contributed by atoms with Crippen LogP contribution in [0.15, 0.2) is 18.2 Å². The molecule has 7 nitrogen and oxygen atoms in total. The first-order chi connectivity index (χ1) is 12.4. The molecular formula is C18H26N2O5S. The fourth-order valence-electron chi connectivity index (χ4n) is 3.17. The number of benzene rings is 1. The van der Waals surface area contributed by atoms with Crippen LogP contribution in [-0.4, -0.2) is 57.8 Å². The fourth-order valence-corrected chi connectivity index (χ4v) is 4.23. The maximum absolute atomic E-state index is 12.7. The molecule has 0 aromatic heterocycles. The number of fused-ring (bicyclic) bond motifs is 1. The Morgan fingerprint density at radius 1 is 1.19 bits per heavy atom. The molecule has 1 amide bonds. The van der Waals surface area contributed by atoms with Gasteiger partial charge in [-0.05, 0) is 37.8 Å². The average molecular weight is 382 g/mol. The largest absolute Gasteiger partial charge is 0.486 e. The Balaban J connectivity index is 1.83. The topological polar surface area (TPSA) is 76.2 Å². The zero-order chi connectivity index (χ0) is 18.7. The molecule has 144 valence electrons. The van der Waals surface area contributed by atoms with Gasteiger partial charge in [0.15, 0.2) is 11.5 Å². The zero-order valence-electron chi connectivity index (χ0n) is 15.3. The lowest BCUT2D eigenvalue weighted by Gasteiger charge is -2.33. The van der Waals surface area contributed by atoms with Crippen LogP contribution in [0.5, 0.6) is 11.5 Å². The molecular weight excluding hydrogens is 356 g/mol. The van der Waals surface area contributed by atoms with E-state index in [1.807, 2.05) is 0 Å². The monoisotopic (exact) mass is 382 g/mol. The van der Waals surface area contributed by atoms with Crippen LogP contribution in [-0.2, 0) is 14.8 Å². The summed E-state index contributed by atoms with van der Waals surface area (Å²) in [5.74, 6) is 1.46. The van der Waals surface area contributed by atoms with Crippen LogP contribution < -0.4 is 13.8 Å². The molecule has 0 atom stereocenters. The van der Waals surface area contributed by atoms with Gasteiger partial charge in [0.2, 0.25) is 15.9 Å². The highest BCUT2D eigenvalue weighted by Crippen LogP contribution is 2.35. The number of hydrogen-bond acceptors (Lipinski definition) is 5. The molecule has 0 radical (unpaired) electrons. The van der Waals surface area contributed by atoms with Gasteiger partial charge >= 0.3 is 0 Å². The van der Waals surface area contributed by atoms with E-state index in [1.54, 1.807) is 30.0 Å². The summed E-state index contributed by atoms with van der Waals surface area (Å²) < 4.78 is 37.5. The lowest BCUT2D eigenvalue weighted by Crippen LogP contribution is -2.46. The normalized spacial score (nSPS) is 17.8. The summed E-state index contributed by atoms with van der Waals surface area (Å²) in [7, 11) is -3.59. The Kier molecular flexibility index (Phi) is 5.60. The lowest BCUT2D eigenvalue weighted by atomic mass is 9.99. The van der Waals surface area contributed by atoms with Crippen molar-refractivity contribution in [2.24, 2.45) is 5.92 Å². The number of carbonyl (C=O) groups excluding carboxylic acids is 1. The van der Waals surface area contributed by atoms with E-state index in [9.17, 15) is 13.2 Å². The highest BCUT2D eigenvalue weighted by molar-refractivity contribution is 7.92. The lowest BCUT2D eigenvalue weighted by molar-refractivity contribution is -0.130. The third-order valence-electron chi connectivity index (χ3n) is 4.93. The number of nitrogens with zero attached hydrogens (tertiary/aromatic N) is 2. The minimum Gasteiger partial charge on any atom is -0.486 e. The first-order valence-corrected chi connectivity index (χ1v) is 10.7. The van der Waals surface area contributed by atoms with E-state index < -0.39 is 10.0 Å². The van der Waals surface area contributed by atoms with Gasteiger partial charge in [0.1, 0.15) is 19.8 Å². The van der Waals surface area contributed by atoms with Crippen molar-refractivity contribution >= 4 is 21.6 Å². The summed E-state index contributed by atoms with van der Waals surface area (Å²) in [5, 5.41) is 0. The number of sulfonamides is 1. The maximum atomic E-state index is 12.7. The summed E-state index contributed by atoms with van der Waals surface area (Å²) in [6, 6.07) is 4.98. The SMILES string of the molecule is CCS(=O)(=O)N(CC(=O)N1CCC(C)CC1)c1ccc2c(c1)OCCO2. The minimum atomic E-state index is -3.59. The van der Waals surface area contributed by atoms with E-state index in [2.05, 4.69) is 6.92 Å². The molecule has 0 unspecified atom stereocenters.